The number of hydrogen-bond acceptors (Lipinski definition) is 2. The summed E-state index contributed by atoms with van der Waals surface area (Å²) in [5, 5.41) is 0. The minimum atomic E-state index is 0.327. The molecule has 1 aliphatic carbocycles. The lowest BCUT2D eigenvalue weighted by Crippen LogP contribution is -1.83. The van der Waals surface area contributed by atoms with Crippen molar-refractivity contribution in [1.82, 2.24) is 0 Å². The van der Waals surface area contributed by atoms with Crippen LogP contribution in [0.4, 0.5) is 0 Å². The molecule has 0 saturated heterocycles. The highest BCUT2D eigenvalue weighted by atomic mass is 32.2. The zero-order valence-electron chi connectivity index (χ0n) is 7.64. The van der Waals surface area contributed by atoms with E-state index in [1.54, 1.807) is 0 Å². The lowest BCUT2D eigenvalue weighted by Gasteiger charge is -1.99. The van der Waals surface area contributed by atoms with Crippen LogP contribution in [-0.4, -0.2) is 17.3 Å². The normalized spacial score (nSPS) is 16.8. The predicted molar refractivity (Wildman–Crippen MR) is 54.6 cm³/mol. The molecule has 2 heteroatoms. The van der Waals surface area contributed by atoms with E-state index in [0.29, 0.717) is 5.78 Å². The van der Waals surface area contributed by atoms with Gasteiger partial charge in [0.1, 0.15) is 0 Å². The molecule has 0 saturated carbocycles. The second-order valence-electron chi connectivity index (χ2n) is 3.07. The Balaban J connectivity index is 2.07. The SMILES string of the molecule is CCSCCCC1=CC(=O)CC1. The van der Waals surface area contributed by atoms with E-state index in [2.05, 4.69) is 6.92 Å². The summed E-state index contributed by atoms with van der Waals surface area (Å²) >= 11 is 1.98. The van der Waals surface area contributed by atoms with E-state index in [1.165, 1.54) is 23.5 Å². The first-order chi connectivity index (χ1) is 5.83. The highest BCUT2D eigenvalue weighted by Gasteiger charge is 2.10. The van der Waals surface area contributed by atoms with E-state index in [9.17, 15) is 4.79 Å². The van der Waals surface area contributed by atoms with Crippen molar-refractivity contribution in [3.63, 3.8) is 0 Å². The van der Waals surface area contributed by atoms with E-state index in [0.717, 1.165) is 19.3 Å². The second-order valence-corrected chi connectivity index (χ2v) is 4.46. The average Bonchev–Trinajstić information content (AvgIpc) is 2.45. The Morgan fingerprint density at radius 2 is 2.33 bits per heavy atom. The van der Waals surface area contributed by atoms with Gasteiger partial charge in [-0.05, 0) is 36.8 Å². The molecule has 0 unspecified atom stereocenters. The van der Waals surface area contributed by atoms with Crippen LogP contribution in [0, 0.1) is 0 Å². The average molecular weight is 184 g/mol. The molecule has 1 rings (SSSR count). The van der Waals surface area contributed by atoms with Gasteiger partial charge in [-0.15, -0.1) is 0 Å². The fourth-order valence-corrected chi connectivity index (χ4v) is 2.04. The number of thioether (sulfide) groups is 1. The lowest BCUT2D eigenvalue weighted by atomic mass is 10.1. The van der Waals surface area contributed by atoms with Crippen molar-refractivity contribution in [1.29, 1.82) is 0 Å². The summed E-state index contributed by atoms with van der Waals surface area (Å²) in [7, 11) is 0. The molecule has 0 aromatic heterocycles. The maximum absolute atomic E-state index is 10.9. The molecule has 1 nitrogen and oxygen atoms in total. The monoisotopic (exact) mass is 184 g/mol. The fraction of sp³-hybridized carbons (Fsp3) is 0.700. The standard InChI is InChI=1S/C10H16OS/c1-2-12-7-3-4-9-5-6-10(11)8-9/h8H,2-7H2,1H3. The van der Waals surface area contributed by atoms with E-state index < -0.39 is 0 Å². The molecule has 0 amide bonds. The molecule has 0 atom stereocenters. The number of carbonyl (C=O) groups is 1. The van der Waals surface area contributed by atoms with Crippen LogP contribution in [0.15, 0.2) is 11.6 Å². The molecule has 68 valence electrons. The van der Waals surface area contributed by atoms with Gasteiger partial charge in [0.2, 0.25) is 0 Å². The summed E-state index contributed by atoms with van der Waals surface area (Å²) in [6.07, 6.45) is 6.00. The van der Waals surface area contributed by atoms with Crippen molar-refractivity contribution in [3.05, 3.63) is 11.6 Å². The van der Waals surface area contributed by atoms with Crippen LogP contribution in [0.5, 0.6) is 0 Å². The smallest absolute Gasteiger partial charge is 0.155 e. The topological polar surface area (TPSA) is 17.1 Å². The quantitative estimate of drug-likeness (QED) is 0.611. The number of ketones is 1. The number of carbonyl (C=O) groups excluding carboxylic acids is 1. The summed E-state index contributed by atoms with van der Waals surface area (Å²) in [5.74, 6) is 2.77. The molecule has 0 radical (unpaired) electrons. The Bertz CT molecular complexity index is 184. The van der Waals surface area contributed by atoms with Gasteiger partial charge in [0.05, 0.1) is 0 Å². The van der Waals surface area contributed by atoms with Crippen molar-refractivity contribution in [2.45, 2.75) is 32.6 Å². The second kappa shape index (κ2) is 5.41. The molecule has 0 N–H and O–H groups in total. The molecule has 0 aromatic carbocycles. The Morgan fingerprint density at radius 3 is 2.92 bits per heavy atom. The van der Waals surface area contributed by atoms with Gasteiger partial charge in [-0.1, -0.05) is 12.5 Å². The van der Waals surface area contributed by atoms with Crippen LogP contribution >= 0.6 is 11.8 Å². The molecule has 0 bridgehead atoms. The summed E-state index contributed by atoms with van der Waals surface area (Å²) in [5.41, 5.74) is 1.37. The third-order valence-electron chi connectivity index (χ3n) is 2.05. The summed E-state index contributed by atoms with van der Waals surface area (Å²) in [6.45, 7) is 2.18. The maximum Gasteiger partial charge on any atom is 0.155 e. The van der Waals surface area contributed by atoms with Crippen LogP contribution in [0.2, 0.25) is 0 Å². The third-order valence-corrected chi connectivity index (χ3v) is 3.03. The van der Waals surface area contributed by atoms with E-state index in [4.69, 9.17) is 0 Å². The van der Waals surface area contributed by atoms with E-state index in [1.807, 2.05) is 17.8 Å². The Labute approximate surface area is 78.6 Å². The van der Waals surface area contributed by atoms with Gasteiger partial charge in [0.15, 0.2) is 5.78 Å². The van der Waals surface area contributed by atoms with Gasteiger partial charge in [0.25, 0.3) is 0 Å². The van der Waals surface area contributed by atoms with Gasteiger partial charge in [-0.2, -0.15) is 11.8 Å². The first-order valence-electron chi connectivity index (χ1n) is 4.63. The summed E-state index contributed by atoms with van der Waals surface area (Å²) < 4.78 is 0. The minimum absolute atomic E-state index is 0.327. The number of hydrogen-bond donors (Lipinski definition) is 0. The maximum atomic E-state index is 10.9. The van der Waals surface area contributed by atoms with Gasteiger partial charge in [-0.25, -0.2) is 0 Å². The first kappa shape index (κ1) is 9.85. The lowest BCUT2D eigenvalue weighted by molar-refractivity contribution is -0.114. The molecule has 12 heavy (non-hydrogen) atoms. The Kier molecular flexibility index (Phi) is 4.44. The highest BCUT2D eigenvalue weighted by Crippen LogP contribution is 2.20. The molecule has 0 aromatic rings. The van der Waals surface area contributed by atoms with Crippen molar-refractivity contribution >= 4 is 17.5 Å². The van der Waals surface area contributed by atoms with Crippen molar-refractivity contribution in [2.24, 2.45) is 0 Å². The largest absolute Gasteiger partial charge is 0.295 e. The first-order valence-corrected chi connectivity index (χ1v) is 5.78. The Morgan fingerprint density at radius 1 is 1.50 bits per heavy atom. The van der Waals surface area contributed by atoms with Crippen molar-refractivity contribution < 1.29 is 4.79 Å². The summed E-state index contributed by atoms with van der Waals surface area (Å²) in [6, 6.07) is 0. The minimum Gasteiger partial charge on any atom is -0.295 e. The molecule has 0 aliphatic heterocycles. The van der Waals surface area contributed by atoms with Crippen LogP contribution in [-0.2, 0) is 4.79 Å². The van der Waals surface area contributed by atoms with Crippen LogP contribution < -0.4 is 0 Å². The zero-order valence-corrected chi connectivity index (χ0v) is 8.45. The third kappa shape index (κ3) is 3.44. The van der Waals surface area contributed by atoms with E-state index >= 15 is 0 Å². The van der Waals surface area contributed by atoms with Crippen LogP contribution in [0.1, 0.15) is 32.6 Å². The predicted octanol–water partition coefficient (Wildman–Crippen LogP) is 2.81. The number of allylic oxidation sites excluding steroid dienone is 2. The summed E-state index contributed by atoms with van der Waals surface area (Å²) in [4.78, 5) is 10.9. The van der Waals surface area contributed by atoms with Crippen LogP contribution in [0.25, 0.3) is 0 Å². The van der Waals surface area contributed by atoms with E-state index in [-0.39, 0.29) is 0 Å². The van der Waals surface area contributed by atoms with Crippen molar-refractivity contribution in [3.8, 4) is 0 Å². The molecule has 0 spiro atoms. The molecular weight excluding hydrogens is 168 g/mol. The highest BCUT2D eigenvalue weighted by molar-refractivity contribution is 7.99. The van der Waals surface area contributed by atoms with Gasteiger partial charge < -0.3 is 0 Å². The zero-order chi connectivity index (χ0) is 8.81. The van der Waals surface area contributed by atoms with Gasteiger partial charge in [0, 0.05) is 6.42 Å². The van der Waals surface area contributed by atoms with Gasteiger partial charge >= 0.3 is 0 Å². The molecule has 0 heterocycles. The Hall–Kier alpha value is -0.240. The number of rotatable bonds is 5. The molecular formula is C10H16OS. The van der Waals surface area contributed by atoms with Crippen LogP contribution in [0.3, 0.4) is 0 Å². The molecule has 1 aliphatic rings. The fourth-order valence-electron chi connectivity index (χ4n) is 1.40. The molecule has 0 fully saturated rings. The van der Waals surface area contributed by atoms with Gasteiger partial charge in [-0.3, -0.25) is 4.79 Å². The van der Waals surface area contributed by atoms with Crippen molar-refractivity contribution in [2.75, 3.05) is 11.5 Å².